The van der Waals surface area contributed by atoms with Crippen molar-refractivity contribution >= 4 is 0 Å². The second kappa shape index (κ2) is 4.14. The van der Waals surface area contributed by atoms with Gasteiger partial charge in [-0.3, -0.25) is 0 Å². The predicted octanol–water partition coefficient (Wildman–Crippen LogP) is 2.85. The van der Waals surface area contributed by atoms with Crippen molar-refractivity contribution in [3.8, 4) is 0 Å². The predicted molar refractivity (Wildman–Crippen MR) is 60.6 cm³/mol. The molecule has 0 amide bonds. The van der Waals surface area contributed by atoms with Crippen molar-refractivity contribution in [2.75, 3.05) is 6.54 Å². The highest BCUT2D eigenvalue weighted by atomic mass is 14.9. The highest BCUT2D eigenvalue weighted by molar-refractivity contribution is 5.30. The number of hydrogen-bond acceptors (Lipinski definition) is 1. The maximum atomic E-state index is 3.56. The van der Waals surface area contributed by atoms with Gasteiger partial charge in [0.2, 0.25) is 0 Å². The lowest BCUT2D eigenvalue weighted by atomic mass is 9.83. The van der Waals surface area contributed by atoms with Gasteiger partial charge in [0.25, 0.3) is 0 Å². The van der Waals surface area contributed by atoms with Crippen molar-refractivity contribution in [3.63, 3.8) is 0 Å². The smallest absolute Gasteiger partial charge is 0.0108 e. The summed E-state index contributed by atoms with van der Waals surface area (Å²) in [7, 11) is 0. The molecule has 2 unspecified atom stereocenters. The van der Waals surface area contributed by atoms with Crippen LogP contribution in [0, 0.1) is 6.92 Å². The minimum Gasteiger partial charge on any atom is -0.314 e. The first-order chi connectivity index (χ1) is 6.79. The highest BCUT2D eigenvalue weighted by Crippen LogP contribution is 2.29. The molecular weight excluding hydrogens is 170 g/mol. The van der Waals surface area contributed by atoms with Crippen LogP contribution in [-0.2, 0) is 0 Å². The van der Waals surface area contributed by atoms with Gasteiger partial charge in [0.15, 0.2) is 0 Å². The molecule has 1 fully saturated rings. The lowest BCUT2D eigenvalue weighted by Crippen LogP contribution is -2.37. The fourth-order valence-corrected chi connectivity index (χ4v) is 2.47. The lowest BCUT2D eigenvalue weighted by molar-refractivity contribution is 0.370. The molecule has 1 saturated heterocycles. The van der Waals surface area contributed by atoms with E-state index in [0.29, 0.717) is 12.0 Å². The molecule has 2 rings (SSSR count). The van der Waals surface area contributed by atoms with E-state index >= 15 is 0 Å². The van der Waals surface area contributed by atoms with E-state index in [-0.39, 0.29) is 0 Å². The van der Waals surface area contributed by atoms with Crippen LogP contribution in [0.4, 0.5) is 0 Å². The quantitative estimate of drug-likeness (QED) is 0.716. The van der Waals surface area contributed by atoms with E-state index in [1.54, 1.807) is 0 Å². The van der Waals surface area contributed by atoms with Gasteiger partial charge in [0, 0.05) is 6.04 Å². The van der Waals surface area contributed by atoms with E-state index in [1.807, 2.05) is 0 Å². The Morgan fingerprint density at radius 2 is 2.07 bits per heavy atom. The van der Waals surface area contributed by atoms with Crippen molar-refractivity contribution in [2.45, 2.75) is 38.6 Å². The van der Waals surface area contributed by atoms with E-state index in [9.17, 15) is 0 Å². The zero-order chi connectivity index (χ0) is 9.97. The van der Waals surface area contributed by atoms with Crippen molar-refractivity contribution in [2.24, 2.45) is 0 Å². The SMILES string of the molecule is Cc1ccccc1C1CCCNC1C. The molecule has 14 heavy (non-hydrogen) atoms. The molecule has 1 heteroatoms. The molecular formula is C13H19N. The van der Waals surface area contributed by atoms with E-state index in [4.69, 9.17) is 0 Å². The monoisotopic (exact) mass is 189 g/mol. The summed E-state index contributed by atoms with van der Waals surface area (Å²) in [5, 5.41) is 3.56. The Hall–Kier alpha value is -0.820. The molecule has 1 nitrogen and oxygen atoms in total. The van der Waals surface area contributed by atoms with Crippen LogP contribution in [-0.4, -0.2) is 12.6 Å². The average Bonchev–Trinajstić information content (AvgIpc) is 2.20. The second-order valence-corrected chi connectivity index (χ2v) is 4.35. The van der Waals surface area contributed by atoms with Crippen LogP contribution in [0.1, 0.15) is 36.8 Å². The molecule has 1 aromatic rings. The Morgan fingerprint density at radius 3 is 2.79 bits per heavy atom. The Bertz CT molecular complexity index is 306. The lowest BCUT2D eigenvalue weighted by Gasteiger charge is -2.31. The van der Waals surface area contributed by atoms with Crippen LogP contribution in [0.15, 0.2) is 24.3 Å². The van der Waals surface area contributed by atoms with Crippen LogP contribution in [0.5, 0.6) is 0 Å². The van der Waals surface area contributed by atoms with Gasteiger partial charge in [0.1, 0.15) is 0 Å². The summed E-state index contributed by atoms with van der Waals surface area (Å²) < 4.78 is 0. The molecule has 76 valence electrons. The van der Waals surface area contributed by atoms with E-state index in [1.165, 1.54) is 30.5 Å². The zero-order valence-electron chi connectivity index (χ0n) is 9.09. The molecule has 0 aliphatic carbocycles. The molecule has 2 atom stereocenters. The molecule has 0 saturated carbocycles. The number of benzene rings is 1. The number of nitrogens with one attached hydrogen (secondary N) is 1. The van der Waals surface area contributed by atoms with E-state index in [2.05, 4.69) is 43.4 Å². The van der Waals surface area contributed by atoms with Crippen LogP contribution in [0.25, 0.3) is 0 Å². The molecule has 0 radical (unpaired) electrons. The standard InChI is InChI=1S/C13H19N/c1-10-6-3-4-7-12(10)13-8-5-9-14-11(13)2/h3-4,6-7,11,13-14H,5,8-9H2,1-2H3. The largest absolute Gasteiger partial charge is 0.314 e. The summed E-state index contributed by atoms with van der Waals surface area (Å²) in [5.74, 6) is 0.713. The summed E-state index contributed by atoms with van der Waals surface area (Å²) in [6, 6.07) is 9.41. The summed E-state index contributed by atoms with van der Waals surface area (Å²) in [6.45, 7) is 5.70. The Balaban J connectivity index is 2.25. The number of rotatable bonds is 1. The summed E-state index contributed by atoms with van der Waals surface area (Å²) in [4.78, 5) is 0. The summed E-state index contributed by atoms with van der Waals surface area (Å²) >= 11 is 0. The summed E-state index contributed by atoms with van der Waals surface area (Å²) in [6.07, 6.45) is 2.64. The van der Waals surface area contributed by atoms with Gasteiger partial charge in [-0.05, 0) is 50.3 Å². The van der Waals surface area contributed by atoms with E-state index in [0.717, 1.165) is 0 Å². The summed E-state index contributed by atoms with van der Waals surface area (Å²) in [5.41, 5.74) is 2.97. The van der Waals surface area contributed by atoms with Gasteiger partial charge in [0.05, 0.1) is 0 Å². The molecule has 0 aromatic heterocycles. The molecule has 1 heterocycles. The molecule has 1 aliphatic heterocycles. The number of aryl methyl sites for hydroxylation is 1. The number of hydrogen-bond donors (Lipinski definition) is 1. The molecule has 1 aromatic carbocycles. The first kappa shape index (κ1) is 9.72. The topological polar surface area (TPSA) is 12.0 Å². The minimum atomic E-state index is 0.629. The van der Waals surface area contributed by atoms with Crippen molar-refractivity contribution < 1.29 is 0 Å². The van der Waals surface area contributed by atoms with Crippen LogP contribution in [0.2, 0.25) is 0 Å². The van der Waals surface area contributed by atoms with Gasteiger partial charge >= 0.3 is 0 Å². The highest BCUT2D eigenvalue weighted by Gasteiger charge is 2.22. The molecule has 0 bridgehead atoms. The third-order valence-corrected chi connectivity index (χ3v) is 3.35. The fraction of sp³-hybridized carbons (Fsp3) is 0.538. The maximum absolute atomic E-state index is 3.56. The third kappa shape index (κ3) is 1.83. The van der Waals surface area contributed by atoms with Gasteiger partial charge in [-0.2, -0.15) is 0 Å². The van der Waals surface area contributed by atoms with Gasteiger partial charge < -0.3 is 5.32 Å². The van der Waals surface area contributed by atoms with Gasteiger partial charge in [-0.15, -0.1) is 0 Å². The van der Waals surface area contributed by atoms with Gasteiger partial charge in [-0.1, -0.05) is 24.3 Å². The second-order valence-electron chi connectivity index (χ2n) is 4.35. The number of piperidine rings is 1. The Labute approximate surface area is 86.5 Å². The van der Waals surface area contributed by atoms with Crippen LogP contribution < -0.4 is 5.32 Å². The van der Waals surface area contributed by atoms with Crippen LogP contribution >= 0.6 is 0 Å². The molecule has 1 aliphatic rings. The minimum absolute atomic E-state index is 0.629. The zero-order valence-corrected chi connectivity index (χ0v) is 9.09. The van der Waals surface area contributed by atoms with Gasteiger partial charge in [-0.25, -0.2) is 0 Å². The third-order valence-electron chi connectivity index (χ3n) is 3.35. The van der Waals surface area contributed by atoms with Crippen LogP contribution in [0.3, 0.4) is 0 Å². The Kier molecular flexibility index (Phi) is 2.87. The molecule has 1 N–H and O–H groups in total. The van der Waals surface area contributed by atoms with Crippen molar-refractivity contribution in [1.29, 1.82) is 0 Å². The first-order valence-electron chi connectivity index (χ1n) is 5.58. The normalized spacial score (nSPS) is 27.6. The Morgan fingerprint density at radius 1 is 1.29 bits per heavy atom. The maximum Gasteiger partial charge on any atom is 0.0108 e. The fourth-order valence-electron chi connectivity index (χ4n) is 2.47. The van der Waals surface area contributed by atoms with Crippen molar-refractivity contribution in [1.82, 2.24) is 5.32 Å². The molecule has 0 spiro atoms. The first-order valence-corrected chi connectivity index (χ1v) is 5.58. The van der Waals surface area contributed by atoms with Crippen molar-refractivity contribution in [3.05, 3.63) is 35.4 Å². The van der Waals surface area contributed by atoms with E-state index < -0.39 is 0 Å². The average molecular weight is 189 g/mol.